The molecule has 0 fully saturated rings. The van der Waals surface area contributed by atoms with Crippen molar-refractivity contribution >= 4 is 23.4 Å². The first-order valence-corrected chi connectivity index (χ1v) is 13.5. The highest BCUT2D eigenvalue weighted by Gasteiger charge is 2.33. The first-order chi connectivity index (χ1) is 18.2. The Morgan fingerprint density at radius 3 is 2.26 bits per heavy atom. The maximum absolute atomic E-state index is 13.9. The molecule has 0 bridgehead atoms. The van der Waals surface area contributed by atoms with Gasteiger partial charge in [-0.05, 0) is 76.9 Å². The molecule has 1 atom stereocenters. The van der Waals surface area contributed by atoms with Crippen LogP contribution in [0.1, 0.15) is 53.5 Å². The zero-order chi connectivity index (χ0) is 27.1. The molecule has 1 aliphatic rings. The number of hydrogen-bond acceptors (Lipinski definition) is 5. The van der Waals surface area contributed by atoms with E-state index in [1.807, 2.05) is 37.3 Å². The van der Waals surface area contributed by atoms with Crippen molar-refractivity contribution in [1.82, 2.24) is 9.13 Å². The molecule has 0 spiro atoms. The second-order valence-electron chi connectivity index (χ2n) is 9.71. The molecule has 0 radical (unpaired) electrons. The fourth-order valence-electron chi connectivity index (χ4n) is 5.02. The van der Waals surface area contributed by atoms with E-state index < -0.39 is 12.0 Å². The average molecular weight is 526 g/mol. The van der Waals surface area contributed by atoms with Gasteiger partial charge in [-0.25, -0.2) is 9.79 Å². The van der Waals surface area contributed by atoms with Gasteiger partial charge in [0.1, 0.15) is 0 Å². The normalized spacial score (nSPS) is 15.4. The number of ether oxygens (including phenoxy) is 1. The zero-order valence-electron chi connectivity index (χ0n) is 22.5. The number of thiazole rings is 1. The van der Waals surface area contributed by atoms with Gasteiger partial charge in [-0.2, -0.15) is 0 Å². The molecule has 5 rings (SSSR count). The number of carbonyl (C=O) groups is 1. The largest absolute Gasteiger partial charge is 0.463 e. The molecule has 0 unspecified atom stereocenters. The van der Waals surface area contributed by atoms with Crippen LogP contribution < -0.4 is 14.9 Å². The highest BCUT2D eigenvalue weighted by Crippen LogP contribution is 2.31. The number of carbonyl (C=O) groups excluding carboxylic acids is 1. The molecule has 7 heteroatoms. The lowest BCUT2D eigenvalue weighted by atomic mass is 9.95. The predicted octanol–water partition coefficient (Wildman–Crippen LogP) is 4.82. The molecular weight excluding hydrogens is 494 g/mol. The number of nitrogens with zero attached hydrogens (tertiary/aromatic N) is 3. The van der Waals surface area contributed by atoms with Gasteiger partial charge in [-0.3, -0.25) is 9.36 Å². The molecule has 194 valence electrons. The quantitative estimate of drug-likeness (QED) is 0.351. The van der Waals surface area contributed by atoms with Crippen molar-refractivity contribution in [3.8, 4) is 5.69 Å². The molecule has 0 aliphatic carbocycles. The summed E-state index contributed by atoms with van der Waals surface area (Å²) >= 11 is 1.34. The maximum atomic E-state index is 13.9. The molecule has 3 heterocycles. The highest BCUT2D eigenvalue weighted by atomic mass is 32.1. The van der Waals surface area contributed by atoms with Crippen molar-refractivity contribution in [2.24, 2.45) is 4.99 Å². The van der Waals surface area contributed by atoms with Crippen molar-refractivity contribution in [3.05, 3.63) is 119 Å². The Bertz CT molecular complexity index is 1750. The van der Waals surface area contributed by atoms with Crippen LogP contribution in [-0.2, 0) is 9.53 Å². The summed E-state index contributed by atoms with van der Waals surface area (Å²) in [6, 6.07) is 17.8. The van der Waals surface area contributed by atoms with E-state index in [9.17, 15) is 9.59 Å². The van der Waals surface area contributed by atoms with Crippen LogP contribution in [0.25, 0.3) is 11.8 Å². The number of allylic oxidation sites excluding steroid dienone is 1. The standard InChI is InChI=1S/C31H31N3O3S/c1-7-37-30(36)27-21(5)32-31-34(28(27)23-12-8-18(2)9-13-23)29(35)26(38-31)17-24-16-20(4)33(22(24)6)25-14-10-19(3)11-15-25/h8-17,28H,7H2,1-6H3/b26-17-/t28-/m1/s1. The smallest absolute Gasteiger partial charge is 0.338 e. The molecular formula is C31H31N3O3S. The van der Waals surface area contributed by atoms with E-state index in [0.29, 0.717) is 20.6 Å². The number of hydrogen-bond donors (Lipinski definition) is 0. The van der Waals surface area contributed by atoms with Crippen LogP contribution >= 0.6 is 11.3 Å². The van der Waals surface area contributed by atoms with E-state index in [2.05, 4.69) is 60.7 Å². The summed E-state index contributed by atoms with van der Waals surface area (Å²) in [6.45, 7) is 12.0. The van der Waals surface area contributed by atoms with Crippen LogP contribution in [0.4, 0.5) is 0 Å². The molecule has 0 amide bonds. The Labute approximate surface area is 225 Å². The van der Waals surface area contributed by atoms with Crippen LogP contribution in [0.3, 0.4) is 0 Å². The minimum absolute atomic E-state index is 0.172. The number of esters is 1. The topological polar surface area (TPSA) is 65.6 Å². The number of aromatic nitrogens is 2. The summed E-state index contributed by atoms with van der Waals surface area (Å²) in [5.74, 6) is -0.449. The fraction of sp³-hybridized carbons (Fsp3) is 0.258. The van der Waals surface area contributed by atoms with Gasteiger partial charge in [0.15, 0.2) is 4.80 Å². The van der Waals surface area contributed by atoms with Gasteiger partial charge < -0.3 is 9.30 Å². The first kappa shape index (κ1) is 25.7. The van der Waals surface area contributed by atoms with Gasteiger partial charge in [0, 0.05) is 17.1 Å². The lowest BCUT2D eigenvalue weighted by molar-refractivity contribution is -0.139. The van der Waals surface area contributed by atoms with Crippen molar-refractivity contribution < 1.29 is 9.53 Å². The lowest BCUT2D eigenvalue weighted by Crippen LogP contribution is -2.39. The minimum atomic E-state index is -0.604. The summed E-state index contributed by atoms with van der Waals surface area (Å²) in [5.41, 5.74) is 8.14. The number of rotatable bonds is 5. The molecule has 38 heavy (non-hydrogen) atoms. The van der Waals surface area contributed by atoms with Crippen molar-refractivity contribution in [2.45, 2.75) is 47.6 Å². The Hall–Kier alpha value is -3.97. The molecule has 0 saturated carbocycles. The van der Waals surface area contributed by atoms with Crippen LogP contribution in [0.5, 0.6) is 0 Å². The van der Waals surface area contributed by atoms with Crippen LogP contribution in [-0.4, -0.2) is 21.7 Å². The molecule has 1 aliphatic heterocycles. The summed E-state index contributed by atoms with van der Waals surface area (Å²) < 4.78 is 9.79. The maximum Gasteiger partial charge on any atom is 0.338 e. The molecule has 0 saturated heterocycles. The van der Waals surface area contributed by atoms with Gasteiger partial charge in [0.2, 0.25) is 0 Å². The van der Waals surface area contributed by atoms with E-state index in [-0.39, 0.29) is 12.2 Å². The Balaban J connectivity index is 1.68. The Kier molecular flexibility index (Phi) is 6.80. The fourth-order valence-corrected chi connectivity index (χ4v) is 6.06. The van der Waals surface area contributed by atoms with Crippen LogP contribution in [0.15, 0.2) is 75.7 Å². The van der Waals surface area contributed by atoms with Gasteiger partial charge in [-0.15, -0.1) is 0 Å². The first-order valence-electron chi connectivity index (χ1n) is 12.7. The third-order valence-electron chi connectivity index (χ3n) is 6.96. The number of aryl methyl sites for hydroxylation is 3. The Morgan fingerprint density at radius 2 is 1.63 bits per heavy atom. The van der Waals surface area contributed by atoms with E-state index >= 15 is 0 Å². The monoisotopic (exact) mass is 525 g/mol. The van der Waals surface area contributed by atoms with Crippen molar-refractivity contribution in [1.29, 1.82) is 0 Å². The van der Waals surface area contributed by atoms with E-state index in [1.165, 1.54) is 16.9 Å². The van der Waals surface area contributed by atoms with Crippen molar-refractivity contribution in [3.63, 3.8) is 0 Å². The van der Waals surface area contributed by atoms with Crippen LogP contribution in [0.2, 0.25) is 0 Å². The summed E-state index contributed by atoms with van der Waals surface area (Å²) in [7, 11) is 0. The predicted molar refractivity (Wildman–Crippen MR) is 152 cm³/mol. The third-order valence-corrected chi connectivity index (χ3v) is 7.94. The summed E-state index contributed by atoms with van der Waals surface area (Å²) in [6.07, 6.45) is 1.94. The lowest BCUT2D eigenvalue weighted by Gasteiger charge is -2.24. The second kappa shape index (κ2) is 10.1. The van der Waals surface area contributed by atoms with Gasteiger partial charge in [-0.1, -0.05) is 58.9 Å². The minimum Gasteiger partial charge on any atom is -0.463 e. The van der Waals surface area contributed by atoms with Crippen molar-refractivity contribution in [2.75, 3.05) is 6.61 Å². The van der Waals surface area contributed by atoms with Crippen LogP contribution in [0, 0.1) is 27.7 Å². The molecule has 2 aromatic heterocycles. The molecule has 0 N–H and O–H groups in total. The van der Waals surface area contributed by atoms with E-state index in [1.54, 1.807) is 18.4 Å². The SMILES string of the molecule is CCOC(=O)C1=C(C)N=c2s/c(=C\c3cc(C)n(-c4ccc(C)cc4)c3C)c(=O)n2[C@@H]1c1ccc(C)cc1. The second-order valence-corrected chi connectivity index (χ2v) is 10.7. The molecule has 2 aromatic carbocycles. The summed E-state index contributed by atoms with van der Waals surface area (Å²) in [4.78, 5) is 32.2. The zero-order valence-corrected chi connectivity index (χ0v) is 23.3. The summed E-state index contributed by atoms with van der Waals surface area (Å²) in [5, 5.41) is 0. The molecule has 4 aromatic rings. The van der Waals surface area contributed by atoms with E-state index in [4.69, 9.17) is 4.74 Å². The van der Waals surface area contributed by atoms with E-state index in [0.717, 1.165) is 33.8 Å². The Morgan fingerprint density at radius 1 is 1.00 bits per heavy atom. The van der Waals surface area contributed by atoms with Gasteiger partial charge >= 0.3 is 5.97 Å². The van der Waals surface area contributed by atoms with Gasteiger partial charge in [0.05, 0.1) is 28.5 Å². The number of fused-ring (bicyclic) bond motifs is 1. The van der Waals surface area contributed by atoms with Gasteiger partial charge in [0.25, 0.3) is 5.56 Å². The highest BCUT2D eigenvalue weighted by molar-refractivity contribution is 7.07. The average Bonchev–Trinajstić information content (AvgIpc) is 3.34. The molecule has 6 nitrogen and oxygen atoms in total. The third kappa shape index (κ3) is 4.47. The number of benzene rings is 2.